The second-order valence-corrected chi connectivity index (χ2v) is 3.07. The van der Waals surface area contributed by atoms with Crippen LogP contribution in [-0.2, 0) is 9.59 Å². The van der Waals surface area contributed by atoms with Crippen LogP contribution in [0.1, 0.15) is 19.8 Å². The van der Waals surface area contributed by atoms with Crippen LogP contribution in [0, 0.1) is 0 Å². The van der Waals surface area contributed by atoms with Crippen LogP contribution in [-0.4, -0.2) is 48.6 Å². The molecule has 0 aromatic rings. The molecule has 0 aliphatic rings. The molecule has 0 heterocycles. The van der Waals surface area contributed by atoms with Gasteiger partial charge in [0.1, 0.15) is 0 Å². The molecule has 14 heavy (non-hydrogen) atoms. The summed E-state index contributed by atoms with van der Waals surface area (Å²) in [5.41, 5.74) is 0. The molecule has 0 saturated heterocycles. The summed E-state index contributed by atoms with van der Waals surface area (Å²) < 4.78 is 0. The van der Waals surface area contributed by atoms with Crippen molar-refractivity contribution in [2.75, 3.05) is 26.7 Å². The summed E-state index contributed by atoms with van der Waals surface area (Å²) in [6.45, 7) is 2.14. The van der Waals surface area contributed by atoms with E-state index in [4.69, 9.17) is 5.11 Å². The number of nitrogens with one attached hydrogen (secondary N) is 1. The highest BCUT2D eigenvalue weighted by Gasteiger charge is 2.08. The maximum absolute atomic E-state index is 11.2. The third-order valence-corrected chi connectivity index (χ3v) is 1.78. The average Bonchev–Trinajstić information content (AvgIpc) is 2.15. The normalized spacial score (nSPS) is 9.64. The molecule has 0 saturated carbocycles. The molecular formula is C9H18N2O3. The summed E-state index contributed by atoms with van der Waals surface area (Å²) in [5, 5.41) is 11.1. The van der Waals surface area contributed by atoms with Crippen molar-refractivity contribution in [3.8, 4) is 0 Å². The van der Waals surface area contributed by atoms with Crippen LogP contribution in [0.3, 0.4) is 0 Å². The Balaban J connectivity index is 3.67. The summed E-state index contributed by atoms with van der Waals surface area (Å²) in [6, 6.07) is 0. The number of aliphatic hydroxyl groups excluding tert-OH is 1. The van der Waals surface area contributed by atoms with Gasteiger partial charge in [0.2, 0.25) is 11.8 Å². The van der Waals surface area contributed by atoms with Gasteiger partial charge in [0.15, 0.2) is 0 Å². The molecule has 5 heteroatoms. The predicted octanol–water partition coefficient (Wildman–Crippen LogP) is -0.647. The molecule has 0 fully saturated rings. The summed E-state index contributed by atoms with van der Waals surface area (Å²) >= 11 is 0. The van der Waals surface area contributed by atoms with Crippen LogP contribution in [0.15, 0.2) is 0 Å². The lowest BCUT2D eigenvalue weighted by Gasteiger charge is -2.15. The second kappa shape index (κ2) is 7.32. The monoisotopic (exact) mass is 202 g/mol. The van der Waals surface area contributed by atoms with Crippen molar-refractivity contribution in [1.29, 1.82) is 0 Å². The fourth-order valence-corrected chi connectivity index (χ4v) is 0.899. The van der Waals surface area contributed by atoms with E-state index in [1.165, 1.54) is 4.90 Å². The minimum Gasteiger partial charge on any atom is -0.395 e. The maximum Gasteiger partial charge on any atom is 0.241 e. The lowest BCUT2D eigenvalue weighted by Crippen LogP contribution is -2.39. The van der Waals surface area contributed by atoms with Gasteiger partial charge in [-0.05, 0) is 6.42 Å². The van der Waals surface area contributed by atoms with Gasteiger partial charge >= 0.3 is 0 Å². The van der Waals surface area contributed by atoms with E-state index in [1.807, 2.05) is 6.92 Å². The SMILES string of the molecule is CCCC(=O)NCC(=O)N(C)CCO. The highest BCUT2D eigenvalue weighted by atomic mass is 16.3. The minimum atomic E-state index is -0.191. The van der Waals surface area contributed by atoms with Gasteiger partial charge in [0, 0.05) is 20.0 Å². The number of aliphatic hydroxyl groups is 1. The summed E-state index contributed by atoms with van der Waals surface area (Å²) in [5.74, 6) is -0.304. The molecule has 0 aromatic heterocycles. The van der Waals surface area contributed by atoms with E-state index < -0.39 is 0 Å². The van der Waals surface area contributed by atoms with E-state index in [0.717, 1.165) is 6.42 Å². The second-order valence-electron chi connectivity index (χ2n) is 3.07. The number of likely N-dealkylation sites (N-methyl/N-ethyl adjacent to an activating group) is 1. The summed E-state index contributed by atoms with van der Waals surface area (Å²) in [7, 11) is 1.59. The minimum absolute atomic E-state index is 0.00926. The van der Waals surface area contributed by atoms with Crippen LogP contribution in [0.5, 0.6) is 0 Å². The fraction of sp³-hybridized carbons (Fsp3) is 0.778. The van der Waals surface area contributed by atoms with Crippen LogP contribution in [0.25, 0.3) is 0 Å². The van der Waals surface area contributed by atoms with Gasteiger partial charge in [-0.25, -0.2) is 0 Å². The molecule has 0 rings (SSSR count). The number of amides is 2. The van der Waals surface area contributed by atoms with E-state index in [9.17, 15) is 9.59 Å². The molecule has 0 aromatic carbocycles. The molecule has 0 aliphatic heterocycles. The van der Waals surface area contributed by atoms with Crippen molar-refractivity contribution in [2.45, 2.75) is 19.8 Å². The number of rotatable bonds is 6. The highest BCUT2D eigenvalue weighted by Crippen LogP contribution is 1.87. The van der Waals surface area contributed by atoms with Gasteiger partial charge in [0.05, 0.1) is 13.2 Å². The third-order valence-electron chi connectivity index (χ3n) is 1.78. The van der Waals surface area contributed by atoms with Crippen LogP contribution >= 0.6 is 0 Å². The van der Waals surface area contributed by atoms with Crippen molar-refractivity contribution >= 4 is 11.8 Å². The zero-order chi connectivity index (χ0) is 11.0. The van der Waals surface area contributed by atoms with Crippen LogP contribution in [0.4, 0.5) is 0 Å². The van der Waals surface area contributed by atoms with E-state index in [1.54, 1.807) is 7.05 Å². The van der Waals surface area contributed by atoms with Gasteiger partial charge < -0.3 is 15.3 Å². The van der Waals surface area contributed by atoms with E-state index in [0.29, 0.717) is 13.0 Å². The van der Waals surface area contributed by atoms with Crippen LogP contribution < -0.4 is 5.32 Å². The number of carbonyl (C=O) groups excluding carboxylic acids is 2. The van der Waals surface area contributed by atoms with Crippen LogP contribution in [0.2, 0.25) is 0 Å². The molecule has 0 radical (unpaired) electrons. The molecule has 0 spiro atoms. The Kier molecular flexibility index (Phi) is 6.74. The van der Waals surface area contributed by atoms with E-state index in [-0.39, 0.29) is 25.0 Å². The van der Waals surface area contributed by atoms with Gasteiger partial charge in [-0.2, -0.15) is 0 Å². The molecule has 0 unspecified atom stereocenters. The van der Waals surface area contributed by atoms with Crippen molar-refractivity contribution in [1.82, 2.24) is 10.2 Å². The topological polar surface area (TPSA) is 69.6 Å². The Bertz CT molecular complexity index is 194. The first-order valence-corrected chi connectivity index (χ1v) is 4.73. The Morgan fingerprint density at radius 3 is 2.57 bits per heavy atom. The van der Waals surface area contributed by atoms with Crippen molar-refractivity contribution in [3.63, 3.8) is 0 Å². The zero-order valence-corrected chi connectivity index (χ0v) is 8.75. The Morgan fingerprint density at radius 2 is 2.07 bits per heavy atom. The largest absolute Gasteiger partial charge is 0.395 e. The molecular weight excluding hydrogens is 184 g/mol. The molecule has 0 atom stereocenters. The van der Waals surface area contributed by atoms with Gasteiger partial charge in [-0.15, -0.1) is 0 Å². The van der Waals surface area contributed by atoms with Crippen molar-refractivity contribution in [2.24, 2.45) is 0 Å². The quantitative estimate of drug-likeness (QED) is 0.601. The smallest absolute Gasteiger partial charge is 0.241 e. The first-order valence-electron chi connectivity index (χ1n) is 4.73. The number of carbonyl (C=O) groups is 2. The Labute approximate surface area is 84.1 Å². The number of hydrogen-bond donors (Lipinski definition) is 2. The van der Waals surface area contributed by atoms with E-state index >= 15 is 0 Å². The number of hydrogen-bond acceptors (Lipinski definition) is 3. The number of nitrogens with zero attached hydrogens (tertiary/aromatic N) is 1. The lowest BCUT2D eigenvalue weighted by atomic mass is 10.3. The Morgan fingerprint density at radius 1 is 1.43 bits per heavy atom. The third kappa shape index (κ3) is 5.53. The molecule has 5 nitrogen and oxygen atoms in total. The van der Waals surface area contributed by atoms with Crippen molar-refractivity contribution < 1.29 is 14.7 Å². The molecule has 2 amide bonds. The standard InChI is InChI=1S/C9H18N2O3/c1-3-4-8(13)10-7-9(14)11(2)5-6-12/h12H,3-7H2,1-2H3,(H,10,13). The zero-order valence-electron chi connectivity index (χ0n) is 8.75. The highest BCUT2D eigenvalue weighted by molar-refractivity contribution is 5.84. The van der Waals surface area contributed by atoms with Crippen molar-refractivity contribution in [3.05, 3.63) is 0 Å². The molecule has 82 valence electrons. The first-order chi connectivity index (χ1) is 6.61. The summed E-state index contributed by atoms with van der Waals surface area (Å²) in [6.07, 6.45) is 1.21. The van der Waals surface area contributed by atoms with E-state index in [2.05, 4.69) is 5.32 Å². The fourth-order valence-electron chi connectivity index (χ4n) is 0.899. The van der Waals surface area contributed by atoms with Gasteiger partial charge in [-0.1, -0.05) is 6.92 Å². The first kappa shape index (κ1) is 12.9. The molecule has 2 N–H and O–H groups in total. The lowest BCUT2D eigenvalue weighted by molar-refractivity contribution is -0.132. The average molecular weight is 202 g/mol. The predicted molar refractivity (Wildman–Crippen MR) is 52.6 cm³/mol. The van der Waals surface area contributed by atoms with Gasteiger partial charge in [-0.3, -0.25) is 9.59 Å². The molecule has 0 aliphatic carbocycles. The molecule has 0 bridgehead atoms. The Hall–Kier alpha value is -1.10. The maximum atomic E-state index is 11.2. The van der Waals surface area contributed by atoms with Gasteiger partial charge in [0.25, 0.3) is 0 Å². The summed E-state index contributed by atoms with van der Waals surface area (Å²) in [4.78, 5) is 23.6.